The summed E-state index contributed by atoms with van der Waals surface area (Å²) in [7, 11) is 4.01. The van der Waals surface area contributed by atoms with Gasteiger partial charge in [-0.1, -0.05) is 0 Å². The maximum absolute atomic E-state index is 14.1. The molecule has 0 radical (unpaired) electrons. The lowest BCUT2D eigenvalue weighted by Crippen LogP contribution is -2.09. The lowest BCUT2D eigenvalue weighted by molar-refractivity contribution is 0.629. The Hall–Kier alpha value is -4.01. The Bertz CT molecular complexity index is 1450. The number of benzene rings is 2. The van der Waals surface area contributed by atoms with Gasteiger partial charge in [-0.15, -0.1) is 0 Å². The Labute approximate surface area is 183 Å². The van der Waals surface area contributed by atoms with Gasteiger partial charge in [0, 0.05) is 37.5 Å². The Balaban J connectivity index is 1.50. The van der Waals surface area contributed by atoms with E-state index in [1.165, 1.54) is 12.1 Å². The maximum atomic E-state index is 14.1. The summed E-state index contributed by atoms with van der Waals surface area (Å²) in [6.45, 7) is 0. The van der Waals surface area contributed by atoms with Crippen LogP contribution in [0.4, 0.5) is 21.6 Å². The van der Waals surface area contributed by atoms with Crippen LogP contribution in [0.2, 0.25) is 0 Å². The van der Waals surface area contributed by atoms with Crippen LogP contribution in [-0.2, 0) is 0 Å². The highest BCUT2D eigenvalue weighted by Gasteiger charge is 2.31. The van der Waals surface area contributed by atoms with Crippen molar-refractivity contribution in [1.82, 2.24) is 29.7 Å². The summed E-state index contributed by atoms with van der Waals surface area (Å²) in [6, 6.07) is 12.7. The molecule has 9 heteroatoms. The second-order valence-corrected chi connectivity index (χ2v) is 8.28. The standard InChI is InChI=1S/C23H21FN8/c1-31(2)16-8-6-15(7-9-16)26-20-17-12-25-30-21(17)29-23(28-20)32-19-11-14(24)5-10-18(19)27-22(32)13-3-4-13/h5-13H,3-4H2,1-2H3,(H2,25,26,28,29,30). The van der Waals surface area contributed by atoms with Gasteiger partial charge in [-0.25, -0.2) is 9.37 Å². The molecule has 32 heavy (non-hydrogen) atoms. The molecule has 1 aliphatic carbocycles. The molecule has 2 N–H and O–H groups in total. The van der Waals surface area contributed by atoms with Crippen molar-refractivity contribution in [2.24, 2.45) is 0 Å². The van der Waals surface area contributed by atoms with Gasteiger partial charge in [0.1, 0.15) is 17.5 Å². The third-order valence-electron chi connectivity index (χ3n) is 5.73. The van der Waals surface area contributed by atoms with Gasteiger partial charge in [0.25, 0.3) is 0 Å². The molecule has 0 bridgehead atoms. The number of nitrogens with zero attached hydrogens (tertiary/aromatic N) is 6. The number of halogens is 1. The second kappa shape index (κ2) is 7.01. The minimum absolute atomic E-state index is 0.317. The predicted octanol–water partition coefficient (Wildman–Crippen LogP) is 4.52. The van der Waals surface area contributed by atoms with E-state index in [2.05, 4.69) is 15.5 Å². The fourth-order valence-electron chi connectivity index (χ4n) is 3.89. The second-order valence-electron chi connectivity index (χ2n) is 8.28. The van der Waals surface area contributed by atoms with E-state index in [4.69, 9.17) is 15.0 Å². The fourth-order valence-corrected chi connectivity index (χ4v) is 3.89. The third kappa shape index (κ3) is 3.13. The van der Waals surface area contributed by atoms with E-state index in [1.54, 1.807) is 12.3 Å². The van der Waals surface area contributed by atoms with E-state index in [0.717, 1.165) is 40.9 Å². The van der Waals surface area contributed by atoms with Gasteiger partial charge in [-0.05, 0) is 49.2 Å². The van der Waals surface area contributed by atoms with E-state index >= 15 is 0 Å². The minimum atomic E-state index is -0.317. The van der Waals surface area contributed by atoms with Crippen LogP contribution in [0.5, 0.6) is 0 Å². The van der Waals surface area contributed by atoms with Gasteiger partial charge in [-0.2, -0.15) is 15.1 Å². The summed E-state index contributed by atoms with van der Waals surface area (Å²) in [5, 5.41) is 11.3. The summed E-state index contributed by atoms with van der Waals surface area (Å²) >= 11 is 0. The van der Waals surface area contributed by atoms with Crippen molar-refractivity contribution in [2.75, 3.05) is 24.3 Å². The lowest BCUT2D eigenvalue weighted by Gasteiger charge is -2.14. The van der Waals surface area contributed by atoms with Crippen LogP contribution in [0.3, 0.4) is 0 Å². The maximum Gasteiger partial charge on any atom is 0.239 e. The van der Waals surface area contributed by atoms with Gasteiger partial charge < -0.3 is 10.2 Å². The van der Waals surface area contributed by atoms with Crippen LogP contribution >= 0.6 is 0 Å². The summed E-state index contributed by atoms with van der Waals surface area (Å²) < 4.78 is 16.0. The molecular formula is C23H21FN8. The molecule has 160 valence electrons. The molecule has 3 heterocycles. The SMILES string of the molecule is CN(C)c1ccc(Nc2nc(-n3c(C4CC4)nc4ccc(F)cc43)nc3[nH]ncc23)cc1. The molecule has 6 rings (SSSR count). The Kier molecular flexibility index (Phi) is 4.11. The van der Waals surface area contributed by atoms with E-state index in [0.29, 0.717) is 28.8 Å². The van der Waals surface area contributed by atoms with Crippen molar-refractivity contribution in [3.8, 4) is 5.95 Å². The largest absolute Gasteiger partial charge is 0.378 e. The number of anilines is 3. The number of imidazole rings is 1. The summed E-state index contributed by atoms with van der Waals surface area (Å²) in [6.07, 6.45) is 3.81. The van der Waals surface area contributed by atoms with Crippen molar-refractivity contribution in [3.63, 3.8) is 0 Å². The molecule has 0 atom stereocenters. The van der Waals surface area contributed by atoms with Gasteiger partial charge in [0.05, 0.1) is 22.6 Å². The number of H-pyrrole nitrogens is 1. The van der Waals surface area contributed by atoms with Crippen molar-refractivity contribution >= 4 is 39.3 Å². The first-order chi connectivity index (χ1) is 15.6. The molecule has 1 saturated carbocycles. The lowest BCUT2D eigenvalue weighted by atomic mass is 10.2. The van der Waals surface area contributed by atoms with Crippen molar-refractivity contribution in [3.05, 3.63) is 60.3 Å². The van der Waals surface area contributed by atoms with Crippen LogP contribution in [0.25, 0.3) is 28.0 Å². The molecule has 8 nitrogen and oxygen atoms in total. The molecule has 0 amide bonds. The highest BCUT2D eigenvalue weighted by molar-refractivity contribution is 5.89. The zero-order valence-electron chi connectivity index (χ0n) is 17.7. The summed E-state index contributed by atoms with van der Waals surface area (Å²) in [5.74, 6) is 1.94. The normalized spacial score (nSPS) is 13.7. The van der Waals surface area contributed by atoms with Crippen LogP contribution in [-0.4, -0.2) is 43.8 Å². The van der Waals surface area contributed by atoms with Gasteiger partial charge in [-0.3, -0.25) is 9.67 Å². The first kappa shape index (κ1) is 18.7. The topological polar surface area (TPSA) is 87.5 Å². The monoisotopic (exact) mass is 428 g/mol. The molecule has 0 aliphatic heterocycles. The molecule has 3 aromatic heterocycles. The van der Waals surface area contributed by atoms with E-state index in [1.807, 2.05) is 47.8 Å². The van der Waals surface area contributed by atoms with Gasteiger partial charge in [0.15, 0.2) is 5.65 Å². The first-order valence-electron chi connectivity index (χ1n) is 10.5. The Morgan fingerprint density at radius 1 is 1.06 bits per heavy atom. The fraction of sp³-hybridized carbons (Fsp3) is 0.217. The number of nitrogens with one attached hydrogen (secondary N) is 2. The molecule has 2 aromatic carbocycles. The van der Waals surface area contributed by atoms with Crippen LogP contribution in [0, 0.1) is 5.82 Å². The van der Waals surface area contributed by atoms with Crippen LogP contribution in [0.1, 0.15) is 24.6 Å². The number of aromatic amines is 1. The highest BCUT2D eigenvalue weighted by atomic mass is 19.1. The molecule has 0 saturated heterocycles. The molecular weight excluding hydrogens is 407 g/mol. The number of aromatic nitrogens is 6. The van der Waals surface area contributed by atoms with E-state index in [9.17, 15) is 4.39 Å². The third-order valence-corrected chi connectivity index (χ3v) is 5.73. The van der Waals surface area contributed by atoms with E-state index in [-0.39, 0.29) is 5.82 Å². The zero-order valence-corrected chi connectivity index (χ0v) is 17.7. The van der Waals surface area contributed by atoms with Crippen molar-refractivity contribution in [2.45, 2.75) is 18.8 Å². The summed E-state index contributed by atoms with van der Waals surface area (Å²) in [4.78, 5) is 16.3. The van der Waals surface area contributed by atoms with Gasteiger partial charge in [0.2, 0.25) is 5.95 Å². The highest BCUT2D eigenvalue weighted by Crippen LogP contribution is 2.41. The smallest absolute Gasteiger partial charge is 0.239 e. The average Bonchev–Trinajstić information content (AvgIpc) is 3.39. The molecule has 5 aromatic rings. The number of hydrogen-bond acceptors (Lipinski definition) is 6. The quantitative estimate of drug-likeness (QED) is 0.428. The molecule has 0 spiro atoms. The van der Waals surface area contributed by atoms with Crippen LogP contribution < -0.4 is 10.2 Å². The van der Waals surface area contributed by atoms with Crippen molar-refractivity contribution in [1.29, 1.82) is 0 Å². The number of hydrogen-bond donors (Lipinski definition) is 2. The summed E-state index contributed by atoms with van der Waals surface area (Å²) in [5.41, 5.74) is 3.99. The van der Waals surface area contributed by atoms with E-state index < -0.39 is 0 Å². The Morgan fingerprint density at radius 2 is 1.88 bits per heavy atom. The first-order valence-corrected chi connectivity index (χ1v) is 10.5. The predicted molar refractivity (Wildman–Crippen MR) is 122 cm³/mol. The molecule has 1 fully saturated rings. The Morgan fingerprint density at radius 3 is 2.62 bits per heavy atom. The molecule has 0 unspecified atom stereocenters. The van der Waals surface area contributed by atoms with Crippen molar-refractivity contribution < 1.29 is 4.39 Å². The molecule has 1 aliphatic rings. The number of fused-ring (bicyclic) bond motifs is 2. The zero-order chi connectivity index (χ0) is 21.8. The number of rotatable bonds is 5. The van der Waals surface area contributed by atoms with Gasteiger partial charge >= 0.3 is 0 Å². The van der Waals surface area contributed by atoms with Crippen LogP contribution in [0.15, 0.2) is 48.7 Å². The minimum Gasteiger partial charge on any atom is -0.378 e. The average molecular weight is 428 g/mol.